The third kappa shape index (κ3) is 4.03. The number of hydrogen-bond donors (Lipinski definition) is 0. The number of esters is 1. The Morgan fingerprint density at radius 2 is 1.45 bits per heavy atom. The molecular weight excluding hydrogens is 585 g/mol. The Bertz CT molecular complexity index is 1410. The van der Waals surface area contributed by atoms with Gasteiger partial charge in [0.15, 0.2) is 0 Å². The standard InChI is InChI=1S/C33H30INO3/c1-22(36)38-32-30(34)21-35(31(32)20-23-16-18-25(37-2)19-17-23)33(24-10-4-3-5-11-24)28-14-8-6-12-26(28)27-13-7-9-15-29(27)33/h3-19,30-32H,20-21H2,1-2H3/t30-,31-,32-/m1/s1. The zero-order valence-electron chi connectivity index (χ0n) is 21.5. The van der Waals surface area contributed by atoms with E-state index in [2.05, 4.69) is 118 Å². The molecule has 1 aliphatic carbocycles. The molecule has 0 aromatic heterocycles. The average Bonchev–Trinajstić information content (AvgIpc) is 3.41. The predicted octanol–water partition coefficient (Wildman–Crippen LogP) is 6.63. The van der Waals surface area contributed by atoms with E-state index in [1.807, 2.05) is 12.1 Å². The van der Waals surface area contributed by atoms with Gasteiger partial charge >= 0.3 is 5.97 Å². The molecule has 1 aliphatic heterocycles. The highest BCUT2D eigenvalue weighted by atomic mass is 127. The molecule has 192 valence electrons. The van der Waals surface area contributed by atoms with E-state index >= 15 is 0 Å². The number of rotatable bonds is 6. The molecule has 4 nitrogen and oxygen atoms in total. The molecule has 0 amide bonds. The van der Waals surface area contributed by atoms with Crippen molar-refractivity contribution >= 4 is 28.6 Å². The van der Waals surface area contributed by atoms with E-state index in [4.69, 9.17) is 9.47 Å². The number of likely N-dealkylation sites (tertiary alicyclic amines) is 1. The number of carbonyl (C=O) groups excluding carboxylic acids is 1. The van der Waals surface area contributed by atoms with Gasteiger partial charge in [0.1, 0.15) is 11.9 Å². The Morgan fingerprint density at radius 1 is 0.868 bits per heavy atom. The molecule has 0 radical (unpaired) electrons. The number of ether oxygens (including phenoxy) is 2. The van der Waals surface area contributed by atoms with Gasteiger partial charge in [-0.15, -0.1) is 0 Å². The molecule has 1 saturated heterocycles. The maximum atomic E-state index is 12.3. The molecule has 38 heavy (non-hydrogen) atoms. The SMILES string of the molecule is COc1ccc(C[C@@H]2[C@H](OC(C)=O)[C@H](I)CN2C2(c3ccccc3)c3ccccc3-c3ccccc32)cc1. The summed E-state index contributed by atoms with van der Waals surface area (Å²) in [5.74, 6) is 0.596. The van der Waals surface area contributed by atoms with Gasteiger partial charge in [0.2, 0.25) is 0 Å². The predicted molar refractivity (Wildman–Crippen MR) is 159 cm³/mol. The van der Waals surface area contributed by atoms with Crippen molar-refractivity contribution in [1.82, 2.24) is 4.90 Å². The lowest BCUT2D eigenvalue weighted by Gasteiger charge is -2.45. The minimum absolute atomic E-state index is 0.0337. The number of carbonyl (C=O) groups is 1. The van der Waals surface area contributed by atoms with Crippen LogP contribution in [0.3, 0.4) is 0 Å². The first-order valence-corrected chi connectivity index (χ1v) is 14.2. The van der Waals surface area contributed by atoms with E-state index in [0.29, 0.717) is 0 Å². The first-order chi connectivity index (χ1) is 18.5. The maximum absolute atomic E-state index is 12.3. The van der Waals surface area contributed by atoms with Crippen molar-refractivity contribution in [2.45, 2.75) is 35.0 Å². The van der Waals surface area contributed by atoms with Crippen molar-refractivity contribution in [3.63, 3.8) is 0 Å². The zero-order valence-corrected chi connectivity index (χ0v) is 23.7. The summed E-state index contributed by atoms with van der Waals surface area (Å²) in [7, 11) is 1.68. The van der Waals surface area contributed by atoms with Gasteiger partial charge in [0.25, 0.3) is 0 Å². The molecule has 2 aliphatic rings. The van der Waals surface area contributed by atoms with Gasteiger partial charge in [-0.25, -0.2) is 0 Å². The van der Waals surface area contributed by atoms with Crippen LogP contribution in [0, 0.1) is 0 Å². The van der Waals surface area contributed by atoms with Gasteiger partial charge in [-0.3, -0.25) is 9.69 Å². The molecule has 0 saturated carbocycles. The van der Waals surface area contributed by atoms with E-state index in [0.717, 1.165) is 18.7 Å². The van der Waals surface area contributed by atoms with Crippen LogP contribution in [0.5, 0.6) is 5.75 Å². The van der Waals surface area contributed by atoms with E-state index in [1.54, 1.807) is 7.11 Å². The highest BCUT2D eigenvalue weighted by Gasteiger charge is 2.56. The molecule has 4 aromatic carbocycles. The maximum Gasteiger partial charge on any atom is 0.302 e. The molecule has 1 fully saturated rings. The second-order valence-electron chi connectivity index (χ2n) is 10.0. The van der Waals surface area contributed by atoms with Crippen molar-refractivity contribution in [2.24, 2.45) is 0 Å². The molecular formula is C33H30INO3. The summed E-state index contributed by atoms with van der Waals surface area (Å²) in [5.41, 5.74) is 6.98. The van der Waals surface area contributed by atoms with Gasteiger partial charge in [-0.1, -0.05) is 114 Å². The van der Waals surface area contributed by atoms with Gasteiger partial charge < -0.3 is 9.47 Å². The van der Waals surface area contributed by atoms with Crippen molar-refractivity contribution in [3.05, 3.63) is 125 Å². The molecule has 0 unspecified atom stereocenters. The number of halogens is 1. The summed E-state index contributed by atoms with van der Waals surface area (Å²) in [6.07, 6.45) is 0.510. The van der Waals surface area contributed by atoms with Gasteiger partial charge in [0, 0.05) is 13.5 Å². The van der Waals surface area contributed by atoms with Crippen LogP contribution in [0.1, 0.15) is 29.2 Å². The molecule has 4 aromatic rings. The summed E-state index contributed by atoms with van der Waals surface area (Å²) < 4.78 is 11.6. The summed E-state index contributed by atoms with van der Waals surface area (Å²) >= 11 is 2.48. The molecule has 0 N–H and O–H groups in total. The Hall–Kier alpha value is -3.16. The number of benzene rings is 4. The van der Waals surface area contributed by atoms with Crippen molar-refractivity contribution in [2.75, 3.05) is 13.7 Å². The molecule has 0 spiro atoms. The third-order valence-electron chi connectivity index (χ3n) is 7.96. The normalized spacial score (nSPS) is 21.5. The van der Waals surface area contributed by atoms with Gasteiger partial charge in [-0.05, 0) is 51.9 Å². The van der Waals surface area contributed by atoms with E-state index in [-0.39, 0.29) is 22.0 Å². The monoisotopic (exact) mass is 615 g/mol. The minimum atomic E-state index is -0.510. The molecule has 1 heterocycles. The number of hydrogen-bond acceptors (Lipinski definition) is 4. The Morgan fingerprint density at radius 3 is 2.03 bits per heavy atom. The van der Waals surface area contributed by atoms with Crippen LogP contribution in [0.4, 0.5) is 0 Å². The van der Waals surface area contributed by atoms with Crippen LogP contribution in [-0.2, 0) is 21.5 Å². The zero-order chi connectivity index (χ0) is 26.3. The topological polar surface area (TPSA) is 38.8 Å². The molecule has 3 atom stereocenters. The fourth-order valence-electron chi connectivity index (χ4n) is 6.48. The molecule has 6 rings (SSSR count). The first kappa shape index (κ1) is 25.1. The van der Waals surface area contributed by atoms with Crippen molar-refractivity contribution in [1.29, 1.82) is 0 Å². The summed E-state index contributed by atoms with van der Waals surface area (Å²) in [6, 6.07) is 36.6. The number of fused-ring (bicyclic) bond motifs is 3. The highest BCUT2D eigenvalue weighted by molar-refractivity contribution is 14.1. The molecule has 0 bridgehead atoms. The summed E-state index contributed by atoms with van der Waals surface area (Å²) in [6.45, 7) is 2.31. The largest absolute Gasteiger partial charge is 0.497 e. The van der Waals surface area contributed by atoms with Crippen LogP contribution in [0.15, 0.2) is 103 Å². The van der Waals surface area contributed by atoms with Crippen LogP contribution in [0.2, 0.25) is 0 Å². The average molecular weight is 616 g/mol. The minimum Gasteiger partial charge on any atom is -0.497 e. The lowest BCUT2D eigenvalue weighted by Crippen LogP contribution is -2.52. The second-order valence-corrected chi connectivity index (χ2v) is 11.6. The van der Waals surface area contributed by atoms with Crippen molar-refractivity contribution < 1.29 is 14.3 Å². The summed E-state index contributed by atoms with van der Waals surface area (Å²) in [5, 5.41) is 0. The Kier molecular flexibility index (Phi) is 6.74. The first-order valence-electron chi connectivity index (χ1n) is 13.0. The Labute approximate surface area is 237 Å². The fourth-order valence-corrected chi connectivity index (χ4v) is 7.53. The smallest absolute Gasteiger partial charge is 0.302 e. The number of alkyl halides is 1. The van der Waals surface area contributed by atoms with E-state index in [1.165, 1.54) is 40.3 Å². The lowest BCUT2D eigenvalue weighted by atomic mass is 9.78. The lowest BCUT2D eigenvalue weighted by molar-refractivity contribution is -0.147. The van der Waals surface area contributed by atoms with Crippen LogP contribution < -0.4 is 4.74 Å². The van der Waals surface area contributed by atoms with Gasteiger partial charge in [0.05, 0.1) is 22.6 Å². The fraction of sp³-hybridized carbons (Fsp3) is 0.242. The summed E-state index contributed by atoms with van der Waals surface area (Å²) in [4.78, 5) is 15.0. The quantitative estimate of drug-likeness (QED) is 0.139. The Balaban J connectivity index is 1.58. The molecule has 5 heteroatoms. The van der Waals surface area contributed by atoms with Crippen LogP contribution in [0.25, 0.3) is 11.1 Å². The van der Waals surface area contributed by atoms with Crippen molar-refractivity contribution in [3.8, 4) is 16.9 Å². The van der Waals surface area contributed by atoms with Gasteiger partial charge in [-0.2, -0.15) is 0 Å². The third-order valence-corrected chi connectivity index (χ3v) is 9.06. The van der Waals surface area contributed by atoms with Crippen LogP contribution >= 0.6 is 22.6 Å². The highest BCUT2D eigenvalue weighted by Crippen LogP contribution is 2.56. The van der Waals surface area contributed by atoms with Crippen LogP contribution in [-0.4, -0.2) is 40.6 Å². The van der Waals surface area contributed by atoms with E-state index in [9.17, 15) is 4.79 Å². The number of methoxy groups -OCH3 is 1. The number of nitrogens with zero attached hydrogens (tertiary/aromatic N) is 1. The second kappa shape index (κ2) is 10.2. The van der Waals surface area contributed by atoms with E-state index < -0.39 is 5.54 Å².